The first-order valence-electron chi connectivity index (χ1n) is 17.1. The monoisotopic (exact) mass is 700 g/mol. The second-order valence-corrected chi connectivity index (χ2v) is 14.0. The smallest absolute Gasteiger partial charge is 0.407 e. The molecule has 10 nitrogen and oxygen atoms in total. The van der Waals surface area contributed by atoms with Crippen LogP contribution in [0.25, 0.3) is 32.9 Å². The first-order chi connectivity index (χ1) is 24.6. The molecule has 2 bridgehead atoms. The van der Waals surface area contributed by atoms with Crippen molar-refractivity contribution >= 4 is 33.6 Å². The van der Waals surface area contributed by atoms with Gasteiger partial charge in [-0.25, -0.2) is 18.6 Å². The van der Waals surface area contributed by atoms with Crippen LogP contribution in [0.3, 0.4) is 0 Å². The van der Waals surface area contributed by atoms with Gasteiger partial charge in [-0.3, -0.25) is 9.80 Å². The van der Waals surface area contributed by atoms with E-state index in [0.717, 1.165) is 6.42 Å². The number of anilines is 1. The highest BCUT2D eigenvalue weighted by Gasteiger charge is 2.54. The predicted molar refractivity (Wildman–Crippen MR) is 179 cm³/mol. The lowest BCUT2D eigenvalue weighted by Crippen LogP contribution is -2.64. The number of terminal acetylenes is 1. The van der Waals surface area contributed by atoms with Crippen LogP contribution in [-0.4, -0.2) is 92.0 Å². The number of aromatic nitrogens is 3. The molecule has 5 atom stereocenters. The molecule has 4 aromatic rings. The van der Waals surface area contributed by atoms with E-state index in [2.05, 4.69) is 15.9 Å². The van der Waals surface area contributed by atoms with Crippen LogP contribution in [0.1, 0.15) is 44.6 Å². The van der Waals surface area contributed by atoms with Crippen LogP contribution in [0.2, 0.25) is 0 Å². The third-order valence-electron chi connectivity index (χ3n) is 11.6. The highest BCUT2D eigenvalue weighted by atomic mass is 19.3. The van der Waals surface area contributed by atoms with Crippen LogP contribution in [-0.2, 0) is 0 Å². The fourth-order valence-corrected chi connectivity index (χ4v) is 9.44. The maximum atomic E-state index is 17.2. The van der Waals surface area contributed by atoms with Gasteiger partial charge in [0.2, 0.25) is 5.88 Å². The Morgan fingerprint density at radius 1 is 1.14 bits per heavy atom. The van der Waals surface area contributed by atoms with Crippen molar-refractivity contribution in [3.63, 3.8) is 0 Å². The molecule has 0 saturated carbocycles. The molecule has 51 heavy (non-hydrogen) atoms. The Labute approximate surface area is 289 Å². The number of carboxylic acid groups (broad SMARTS) is 1. The summed E-state index contributed by atoms with van der Waals surface area (Å²) in [5, 5.41) is 11.2. The van der Waals surface area contributed by atoms with Gasteiger partial charge in [-0.2, -0.15) is 18.7 Å². The Kier molecular flexibility index (Phi) is 7.12. The molecule has 5 aliphatic heterocycles. The summed E-state index contributed by atoms with van der Waals surface area (Å²) < 4.78 is 73.4. The van der Waals surface area contributed by atoms with Gasteiger partial charge in [0, 0.05) is 29.6 Å². The Hall–Kier alpha value is -5.16. The molecule has 1 N–H and O–H groups in total. The standard InChI is InChI=1S/C37H32F4N6O4/c1-3-21-24(38)10-8-19-6-4-7-22(26(19)21)29-28(39)30-27-33(44-35(43-30)50-17-37-13-5-14-45(37)15-12-23(37)32(40)41)46-16-20-9-11-25(47(20)36(48)49)31(46)18(2)51-34(27)42-29/h1,4,6-8,10,18,20,25,31H,5,9,11-17H2,2H3,(H,48,49). The number of nitrogens with zero attached hydrogens (tertiary/aromatic N) is 6. The van der Waals surface area contributed by atoms with Gasteiger partial charge in [-0.1, -0.05) is 30.2 Å². The molecule has 4 saturated heterocycles. The number of fused-ring (bicyclic) bond motifs is 7. The van der Waals surface area contributed by atoms with E-state index in [1.54, 1.807) is 31.2 Å². The average molecular weight is 701 g/mol. The van der Waals surface area contributed by atoms with Crippen molar-refractivity contribution in [3.05, 3.63) is 59.2 Å². The van der Waals surface area contributed by atoms with Crippen LogP contribution in [0.4, 0.5) is 28.2 Å². The number of piperazine rings is 1. The van der Waals surface area contributed by atoms with E-state index in [-0.39, 0.29) is 82.0 Å². The molecule has 2 aromatic carbocycles. The van der Waals surface area contributed by atoms with Crippen molar-refractivity contribution in [1.82, 2.24) is 24.8 Å². The van der Waals surface area contributed by atoms with Gasteiger partial charge in [0.1, 0.15) is 40.9 Å². The molecule has 0 radical (unpaired) electrons. The molecular formula is C37H32F4N6O4. The molecule has 9 rings (SSSR count). The van der Waals surface area contributed by atoms with E-state index in [4.69, 9.17) is 20.9 Å². The third kappa shape index (κ3) is 4.53. The zero-order valence-corrected chi connectivity index (χ0v) is 27.5. The minimum atomic E-state index is -1.72. The average Bonchev–Trinajstić information content (AvgIpc) is 3.76. The van der Waals surface area contributed by atoms with E-state index in [1.807, 2.05) is 9.80 Å². The van der Waals surface area contributed by atoms with Crippen molar-refractivity contribution in [1.29, 1.82) is 0 Å². The second kappa shape index (κ2) is 11.4. The zero-order valence-electron chi connectivity index (χ0n) is 27.5. The van der Waals surface area contributed by atoms with E-state index in [9.17, 15) is 18.7 Å². The first-order valence-corrected chi connectivity index (χ1v) is 17.1. The molecule has 0 spiro atoms. The first kappa shape index (κ1) is 31.8. The van der Waals surface area contributed by atoms with Crippen LogP contribution < -0.4 is 14.4 Å². The molecule has 5 aliphatic rings. The summed E-state index contributed by atoms with van der Waals surface area (Å²) >= 11 is 0. The van der Waals surface area contributed by atoms with Gasteiger partial charge >= 0.3 is 12.1 Å². The lowest BCUT2D eigenvalue weighted by atomic mass is 9.90. The number of pyridine rings is 1. The van der Waals surface area contributed by atoms with Gasteiger partial charge in [0.05, 0.1) is 29.2 Å². The van der Waals surface area contributed by atoms with Crippen LogP contribution in [0.15, 0.2) is 42.0 Å². The number of hydrogen-bond acceptors (Lipinski definition) is 8. The van der Waals surface area contributed by atoms with Crippen molar-refractivity contribution < 1.29 is 36.9 Å². The highest BCUT2D eigenvalue weighted by Crippen LogP contribution is 2.48. The molecule has 0 aliphatic carbocycles. The largest absolute Gasteiger partial charge is 0.472 e. The second-order valence-electron chi connectivity index (χ2n) is 14.0. The van der Waals surface area contributed by atoms with E-state index in [0.29, 0.717) is 37.7 Å². The van der Waals surface area contributed by atoms with Gasteiger partial charge in [-0.05, 0) is 57.0 Å². The minimum absolute atomic E-state index is 0.0133. The summed E-state index contributed by atoms with van der Waals surface area (Å²) in [5.41, 5.74) is -1.21. The summed E-state index contributed by atoms with van der Waals surface area (Å²) in [4.78, 5) is 31.8. The SMILES string of the molecule is C#Cc1c(F)ccc2cccc(-c3nc4c5c(nc(OCC67CCCN6CCC7=C(F)F)nc5c3F)N3CC5CCC(C3C(C)O4)N5C(=O)O)c12. The Bertz CT molecular complexity index is 2240. The van der Waals surface area contributed by atoms with E-state index in [1.165, 1.54) is 11.0 Å². The highest BCUT2D eigenvalue weighted by molar-refractivity contribution is 6.03. The molecule has 7 heterocycles. The Balaban J connectivity index is 1.26. The number of rotatable bonds is 4. The summed E-state index contributed by atoms with van der Waals surface area (Å²) in [6, 6.07) is 6.26. The van der Waals surface area contributed by atoms with Crippen LogP contribution in [0, 0.1) is 24.0 Å². The molecular weight excluding hydrogens is 668 g/mol. The third-order valence-corrected chi connectivity index (χ3v) is 11.6. The number of ether oxygens (including phenoxy) is 2. The Morgan fingerprint density at radius 3 is 2.76 bits per heavy atom. The van der Waals surface area contributed by atoms with Crippen LogP contribution in [0.5, 0.6) is 11.9 Å². The van der Waals surface area contributed by atoms with Gasteiger partial charge in [0.15, 0.2) is 5.82 Å². The lowest BCUT2D eigenvalue weighted by molar-refractivity contribution is 0.0706. The molecule has 262 valence electrons. The molecule has 1 amide bonds. The molecule has 14 heteroatoms. The maximum absolute atomic E-state index is 17.2. The minimum Gasteiger partial charge on any atom is -0.472 e. The number of carbonyl (C=O) groups is 1. The number of benzene rings is 2. The fourth-order valence-electron chi connectivity index (χ4n) is 9.44. The normalized spacial score (nSPS) is 26.5. The molecule has 5 unspecified atom stereocenters. The summed E-state index contributed by atoms with van der Waals surface area (Å²) in [6.07, 6.45) is 4.97. The topological polar surface area (TPSA) is 104 Å². The lowest BCUT2D eigenvalue weighted by Gasteiger charge is -2.47. The van der Waals surface area contributed by atoms with Crippen LogP contribution >= 0.6 is 0 Å². The Morgan fingerprint density at radius 2 is 1.98 bits per heavy atom. The summed E-state index contributed by atoms with van der Waals surface area (Å²) in [7, 11) is 0. The zero-order chi connectivity index (χ0) is 35.3. The van der Waals surface area contributed by atoms with Crippen molar-refractivity contribution in [2.45, 2.75) is 68.8 Å². The number of amides is 1. The number of halogens is 4. The van der Waals surface area contributed by atoms with E-state index < -0.39 is 47.5 Å². The van der Waals surface area contributed by atoms with E-state index >= 15 is 8.78 Å². The predicted octanol–water partition coefficient (Wildman–Crippen LogP) is 6.35. The van der Waals surface area contributed by atoms with Crippen molar-refractivity contribution in [2.24, 2.45) is 0 Å². The fraction of sp³-hybridized carbons (Fsp3) is 0.405. The maximum Gasteiger partial charge on any atom is 0.407 e. The summed E-state index contributed by atoms with van der Waals surface area (Å²) in [6.45, 7) is 3.02. The molecule has 4 fully saturated rings. The van der Waals surface area contributed by atoms with Gasteiger partial charge in [0.25, 0.3) is 6.08 Å². The quantitative estimate of drug-likeness (QED) is 0.193. The van der Waals surface area contributed by atoms with Gasteiger partial charge in [-0.15, -0.1) is 6.42 Å². The number of hydrogen-bond donors (Lipinski definition) is 1. The summed E-state index contributed by atoms with van der Waals surface area (Å²) in [5.74, 6) is 1.15. The van der Waals surface area contributed by atoms with Crippen molar-refractivity contribution in [3.8, 4) is 35.5 Å². The van der Waals surface area contributed by atoms with Crippen molar-refractivity contribution in [2.75, 3.05) is 31.1 Å². The van der Waals surface area contributed by atoms with Gasteiger partial charge < -0.3 is 19.5 Å². The molecule has 2 aromatic heterocycles.